The lowest BCUT2D eigenvalue weighted by atomic mass is 10.2. The van der Waals surface area contributed by atoms with E-state index in [2.05, 4.69) is 20.3 Å². The highest BCUT2D eigenvalue weighted by Gasteiger charge is 2.15. The largest absolute Gasteiger partial charge is 0.351 e. The van der Waals surface area contributed by atoms with Gasteiger partial charge in [0.05, 0.1) is 12.9 Å². The standard InChI is InChI=1S/C17H16ClN5O3/c18-14-4-2-1-3-11(14)9-23-16(25)13(8-21-17(23)26)15(24)20-6-5-12-7-19-10-22-12/h1-4,7-8,10H,5-6,9H2,(H,19,22)(H,20,24)(H,21,26). The Morgan fingerprint density at radius 1 is 1.23 bits per heavy atom. The number of aromatic amines is 2. The maximum Gasteiger partial charge on any atom is 0.328 e. The van der Waals surface area contributed by atoms with Crippen LogP contribution in [0.25, 0.3) is 0 Å². The molecule has 0 unspecified atom stereocenters. The summed E-state index contributed by atoms with van der Waals surface area (Å²) >= 11 is 6.08. The monoisotopic (exact) mass is 373 g/mol. The normalized spacial score (nSPS) is 10.7. The van der Waals surface area contributed by atoms with Gasteiger partial charge < -0.3 is 15.3 Å². The summed E-state index contributed by atoms with van der Waals surface area (Å²) in [6.45, 7) is 0.299. The lowest BCUT2D eigenvalue weighted by molar-refractivity contribution is 0.0951. The highest BCUT2D eigenvalue weighted by Crippen LogP contribution is 2.14. The lowest BCUT2D eigenvalue weighted by Gasteiger charge is -2.09. The van der Waals surface area contributed by atoms with E-state index >= 15 is 0 Å². The number of rotatable bonds is 6. The van der Waals surface area contributed by atoms with Gasteiger partial charge in [-0.15, -0.1) is 0 Å². The van der Waals surface area contributed by atoms with Crippen LogP contribution in [0.3, 0.4) is 0 Å². The van der Waals surface area contributed by atoms with Gasteiger partial charge in [0.1, 0.15) is 5.56 Å². The van der Waals surface area contributed by atoms with E-state index in [0.29, 0.717) is 23.6 Å². The predicted molar refractivity (Wildman–Crippen MR) is 96.5 cm³/mol. The fourth-order valence-electron chi connectivity index (χ4n) is 2.44. The van der Waals surface area contributed by atoms with Gasteiger partial charge in [-0.3, -0.25) is 14.2 Å². The number of nitrogens with zero attached hydrogens (tertiary/aromatic N) is 2. The molecule has 0 radical (unpaired) electrons. The summed E-state index contributed by atoms with van der Waals surface area (Å²) in [6, 6.07) is 6.89. The van der Waals surface area contributed by atoms with Crippen LogP contribution in [0.1, 0.15) is 21.6 Å². The van der Waals surface area contributed by atoms with Gasteiger partial charge in [-0.05, 0) is 11.6 Å². The molecule has 0 fully saturated rings. The maximum atomic E-state index is 12.6. The quantitative estimate of drug-likeness (QED) is 0.596. The van der Waals surface area contributed by atoms with Crippen LogP contribution in [0.15, 0.2) is 52.6 Å². The predicted octanol–water partition coefficient (Wildman–Crippen LogP) is 0.934. The number of H-pyrrole nitrogens is 2. The summed E-state index contributed by atoms with van der Waals surface area (Å²) in [5.74, 6) is -0.557. The summed E-state index contributed by atoms with van der Waals surface area (Å²) in [4.78, 5) is 46.1. The molecule has 3 aromatic rings. The third kappa shape index (κ3) is 3.92. The second-order valence-electron chi connectivity index (χ2n) is 5.57. The van der Waals surface area contributed by atoms with Crippen LogP contribution in [-0.2, 0) is 13.0 Å². The molecule has 1 amide bonds. The van der Waals surface area contributed by atoms with Crippen molar-refractivity contribution >= 4 is 17.5 Å². The minimum absolute atomic E-state index is 0.0247. The van der Waals surface area contributed by atoms with Crippen LogP contribution >= 0.6 is 11.6 Å². The molecule has 134 valence electrons. The first kappa shape index (κ1) is 17.7. The molecule has 0 atom stereocenters. The van der Waals surface area contributed by atoms with Crippen molar-refractivity contribution in [2.45, 2.75) is 13.0 Å². The fourth-order valence-corrected chi connectivity index (χ4v) is 2.64. The van der Waals surface area contributed by atoms with Gasteiger partial charge in [0.25, 0.3) is 11.5 Å². The van der Waals surface area contributed by atoms with E-state index in [9.17, 15) is 14.4 Å². The summed E-state index contributed by atoms with van der Waals surface area (Å²) in [5, 5.41) is 3.09. The number of imidazole rings is 1. The molecule has 0 saturated heterocycles. The van der Waals surface area contributed by atoms with Crippen molar-refractivity contribution in [2.75, 3.05) is 6.54 Å². The molecule has 26 heavy (non-hydrogen) atoms. The highest BCUT2D eigenvalue weighted by atomic mass is 35.5. The molecular formula is C17H16ClN5O3. The molecule has 0 aliphatic heterocycles. The van der Waals surface area contributed by atoms with E-state index in [-0.39, 0.29) is 12.1 Å². The summed E-state index contributed by atoms with van der Waals surface area (Å²) < 4.78 is 0.949. The van der Waals surface area contributed by atoms with Crippen molar-refractivity contribution in [1.82, 2.24) is 24.8 Å². The topological polar surface area (TPSA) is 113 Å². The number of aromatic nitrogens is 4. The third-order valence-electron chi connectivity index (χ3n) is 3.83. The fraction of sp³-hybridized carbons (Fsp3) is 0.176. The first-order valence-electron chi connectivity index (χ1n) is 7.87. The van der Waals surface area contributed by atoms with Gasteiger partial charge in [-0.1, -0.05) is 29.8 Å². The van der Waals surface area contributed by atoms with E-state index in [1.54, 1.807) is 36.8 Å². The molecule has 1 aromatic carbocycles. The Morgan fingerprint density at radius 2 is 2.04 bits per heavy atom. The molecule has 0 spiro atoms. The molecular weight excluding hydrogens is 358 g/mol. The van der Waals surface area contributed by atoms with Crippen LogP contribution in [0, 0.1) is 0 Å². The summed E-state index contributed by atoms with van der Waals surface area (Å²) in [6.07, 6.45) is 4.87. The Morgan fingerprint density at radius 3 is 2.77 bits per heavy atom. The molecule has 0 bridgehead atoms. The van der Waals surface area contributed by atoms with Crippen molar-refractivity contribution in [1.29, 1.82) is 0 Å². The Hall–Kier alpha value is -3.13. The Balaban J connectivity index is 1.78. The van der Waals surface area contributed by atoms with Gasteiger partial charge in [-0.2, -0.15) is 0 Å². The van der Waals surface area contributed by atoms with Crippen LogP contribution in [0.5, 0.6) is 0 Å². The number of nitrogens with one attached hydrogen (secondary N) is 3. The van der Waals surface area contributed by atoms with Crippen molar-refractivity contribution in [3.8, 4) is 0 Å². The van der Waals surface area contributed by atoms with Gasteiger partial charge in [0, 0.05) is 36.1 Å². The van der Waals surface area contributed by atoms with Crippen molar-refractivity contribution < 1.29 is 4.79 Å². The van der Waals surface area contributed by atoms with Crippen molar-refractivity contribution in [2.24, 2.45) is 0 Å². The second kappa shape index (κ2) is 7.83. The van der Waals surface area contributed by atoms with Crippen molar-refractivity contribution in [3.05, 3.63) is 85.7 Å². The molecule has 3 rings (SSSR count). The van der Waals surface area contributed by atoms with Gasteiger partial charge in [0.15, 0.2) is 0 Å². The molecule has 3 N–H and O–H groups in total. The van der Waals surface area contributed by atoms with Crippen LogP contribution in [0.2, 0.25) is 5.02 Å². The maximum absolute atomic E-state index is 12.6. The van der Waals surface area contributed by atoms with E-state index in [1.165, 1.54) is 0 Å². The van der Waals surface area contributed by atoms with Crippen molar-refractivity contribution in [3.63, 3.8) is 0 Å². The summed E-state index contributed by atoms with van der Waals surface area (Å²) in [5.41, 5.74) is 0.0550. The minimum Gasteiger partial charge on any atom is -0.351 e. The number of benzene rings is 1. The highest BCUT2D eigenvalue weighted by molar-refractivity contribution is 6.31. The first-order chi connectivity index (χ1) is 12.6. The SMILES string of the molecule is O=C(NCCc1cnc[nH]1)c1c[nH]c(=O)n(Cc2ccccc2Cl)c1=O. The van der Waals surface area contributed by atoms with E-state index < -0.39 is 17.2 Å². The lowest BCUT2D eigenvalue weighted by Crippen LogP contribution is -2.41. The number of hydrogen-bond donors (Lipinski definition) is 3. The Labute approximate surface area is 152 Å². The molecule has 0 saturated carbocycles. The van der Waals surface area contributed by atoms with Gasteiger partial charge in [-0.25, -0.2) is 9.78 Å². The zero-order chi connectivity index (χ0) is 18.5. The zero-order valence-electron chi connectivity index (χ0n) is 13.7. The second-order valence-corrected chi connectivity index (χ2v) is 5.98. The number of halogens is 1. The molecule has 8 nitrogen and oxygen atoms in total. The number of carbonyl (C=O) groups excluding carboxylic acids is 1. The molecule has 2 aromatic heterocycles. The number of hydrogen-bond acceptors (Lipinski definition) is 4. The molecule has 9 heteroatoms. The first-order valence-corrected chi connectivity index (χ1v) is 8.25. The van der Waals surface area contributed by atoms with E-state index in [4.69, 9.17) is 11.6 Å². The van der Waals surface area contributed by atoms with Gasteiger partial charge >= 0.3 is 5.69 Å². The summed E-state index contributed by atoms with van der Waals surface area (Å²) in [7, 11) is 0. The molecule has 0 aliphatic carbocycles. The van der Waals surface area contributed by atoms with Crippen LogP contribution in [-0.4, -0.2) is 32.0 Å². The van der Waals surface area contributed by atoms with Crippen LogP contribution < -0.4 is 16.6 Å². The average Bonchev–Trinajstić information content (AvgIpc) is 3.13. The van der Waals surface area contributed by atoms with E-state index in [0.717, 1.165) is 16.5 Å². The molecule has 0 aliphatic rings. The minimum atomic E-state index is -0.673. The smallest absolute Gasteiger partial charge is 0.328 e. The Kier molecular flexibility index (Phi) is 5.33. The third-order valence-corrected chi connectivity index (χ3v) is 4.20. The van der Waals surface area contributed by atoms with Crippen LogP contribution in [0.4, 0.5) is 0 Å². The molecule has 2 heterocycles. The van der Waals surface area contributed by atoms with E-state index in [1.807, 2.05) is 0 Å². The Bertz CT molecular complexity index is 1020. The zero-order valence-corrected chi connectivity index (χ0v) is 14.4. The van der Waals surface area contributed by atoms with Gasteiger partial charge in [0.2, 0.25) is 0 Å². The number of amides is 1. The number of carbonyl (C=O) groups is 1. The average molecular weight is 374 g/mol.